The van der Waals surface area contributed by atoms with Crippen molar-refractivity contribution in [2.75, 3.05) is 13.7 Å². The van der Waals surface area contributed by atoms with E-state index in [-0.39, 0.29) is 12.0 Å². The summed E-state index contributed by atoms with van der Waals surface area (Å²) in [5.41, 5.74) is -0.323. The molecule has 0 aromatic rings. The number of nitrogens with zero attached hydrogens (tertiary/aromatic N) is 1. The SMILES string of the molecule is COC(=O)C(Br)NC(=O)N1C(=O)OC[C@@H]1C(C)(C)C. The van der Waals surface area contributed by atoms with Gasteiger partial charge >= 0.3 is 18.1 Å². The van der Waals surface area contributed by atoms with Gasteiger partial charge in [0, 0.05) is 0 Å². The maximum Gasteiger partial charge on any atom is 0.418 e. The number of methoxy groups -OCH3 is 1. The zero-order chi connectivity index (χ0) is 14.8. The molecule has 0 aromatic carbocycles. The number of hydrogen-bond donors (Lipinski definition) is 1. The normalized spacial score (nSPS) is 20.8. The molecular formula is C11H17BrN2O5. The molecule has 7 nitrogen and oxygen atoms in total. The van der Waals surface area contributed by atoms with E-state index in [1.54, 1.807) is 0 Å². The summed E-state index contributed by atoms with van der Waals surface area (Å²) in [6.45, 7) is 5.82. The monoisotopic (exact) mass is 336 g/mol. The van der Waals surface area contributed by atoms with E-state index >= 15 is 0 Å². The van der Waals surface area contributed by atoms with Gasteiger partial charge in [0.25, 0.3) is 0 Å². The molecule has 1 aliphatic rings. The van der Waals surface area contributed by atoms with Gasteiger partial charge in [0.05, 0.1) is 13.2 Å². The van der Waals surface area contributed by atoms with Gasteiger partial charge in [-0.05, 0) is 5.41 Å². The van der Waals surface area contributed by atoms with E-state index in [4.69, 9.17) is 4.74 Å². The van der Waals surface area contributed by atoms with Gasteiger partial charge in [-0.25, -0.2) is 19.3 Å². The summed E-state index contributed by atoms with van der Waals surface area (Å²) in [4.78, 5) is 34.8. The second-order valence-electron chi connectivity index (χ2n) is 5.16. The minimum atomic E-state index is -1.01. The summed E-state index contributed by atoms with van der Waals surface area (Å²) >= 11 is 2.96. The molecule has 1 aliphatic heterocycles. The number of halogens is 1. The fourth-order valence-electron chi connectivity index (χ4n) is 1.62. The summed E-state index contributed by atoms with van der Waals surface area (Å²) < 4.78 is 9.35. The first kappa shape index (κ1) is 15.7. The molecule has 0 aromatic heterocycles. The van der Waals surface area contributed by atoms with Crippen LogP contribution in [0.2, 0.25) is 0 Å². The number of carbonyl (C=O) groups excluding carboxylic acids is 3. The third kappa shape index (κ3) is 3.59. The smallest absolute Gasteiger partial charge is 0.418 e. The topological polar surface area (TPSA) is 84.9 Å². The van der Waals surface area contributed by atoms with Crippen LogP contribution in [0.4, 0.5) is 9.59 Å². The van der Waals surface area contributed by atoms with E-state index in [0.29, 0.717) is 0 Å². The Morgan fingerprint density at radius 3 is 2.58 bits per heavy atom. The molecule has 2 atom stereocenters. The van der Waals surface area contributed by atoms with Crippen molar-refractivity contribution in [3.63, 3.8) is 0 Å². The van der Waals surface area contributed by atoms with Crippen molar-refractivity contribution in [2.24, 2.45) is 5.41 Å². The summed E-state index contributed by atoms with van der Waals surface area (Å²) in [5.74, 6) is -0.659. The summed E-state index contributed by atoms with van der Waals surface area (Å²) in [7, 11) is 1.20. The number of esters is 1. The second-order valence-corrected chi connectivity index (χ2v) is 6.08. The standard InChI is InChI=1S/C11H17BrN2O5/c1-11(2,3)6-5-19-10(17)14(6)9(16)13-7(12)8(15)18-4/h6-7H,5H2,1-4H3,(H,13,16)/t6-,7?/m1/s1. The van der Waals surface area contributed by atoms with Crippen LogP contribution in [0.5, 0.6) is 0 Å². The number of carbonyl (C=O) groups is 3. The van der Waals surface area contributed by atoms with Crippen molar-refractivity contribution in [2.45, 2.75) is 31.8 Å². The molecule has 0 bridgehead atoms. The van der Waals surface area contributed by atoms with Gasteiger partial charge < -0.3 is 14.8 Å². The van der Waals surface area contributed by atoms with Crippen LogP contribution in [-0.2, 0) is 14.3 Å². The van der Waals surface area contributed by atoms with E-state index in [9.17, 15) is 14.4 Å². The lowest BCUT2D eigenvalue weighted by molar-refractivity contribution is -0.140. The number of urea groups is 1. The van der Waals surface area contributed by atoms with Crippen molar-refractivity contribution in [3.8, 4) is 0 Å². The first-order valence-corrected chi connectivity index (χ1v) is 6.58. The maximum atomic E-state index is 12.0. The average molecular weight is 337 g/mol. The van der Waals surface area contributed by atoms with Gasteiger partial charge in [0.1, 0.15) is 6.61 Å². The predicted molar refractivity (Wildman–Crippen MR) is 69.7 cm³/mol. The fraction of sp³-hybridized carbons (Fsp3) is 0.727. The zero-order valence-corrected chi connectivity index (χ0v) is 12.8. The lowest BCUT2D eigenvalue weighted by Crippen LogP contribution is -2.52. The summed E-state index contributed by atoms with van der Waals surface area (Å²) in [6, 6.07) is -1.09. The molecule has 0 saturated carbocycles. The average Bonchev–Trinajstić information content (AvgIpc) is 2.69. The number of hydrogen-bond acceptors (Lipinski definition) is 5. The maximum absolute atomic E-state index is 12.0. The molecule has 19 heavy (non-hydrogen) atoms. The minimum absolute atomic E-state index is 0.140. The van der Waals surface area contributed by atoms with E-state index in [1.165, 1.54) is 7.11 Å². The number of rotatable bonds is 2. The largest absolute Gasteiger partial charge is 0.467 e. The van der Waals surface area contributed by atoms with Gasteiger partial charge in [0.15, 0.2) is 4.95 Å². The third-order valence-electron chi connectivity index (χ3n) is 2.75. The zero-order valence-electron chi connectivity index (χ0n) is 11.2. The molecule has 1 heterocycles. The van der Waals surface area contributed by atoms with Crippen molar-refractivity contribution >= 4 is 34.0 Å². The molecular weight excluding hydrogens is 320 g/mol. The Labute approximate surface area is 119 Å². The first-order valence-electron chi connectivity index (χ1n) is 5.67. The Morgan fingerprint density at radius 2 is 2.11 bits per heavy atom. The molecule has 8 heteroatoms. The molecule has 0 aliphatic carbocycles. The highest BCUT2D eigenvalue weighted by Gasteiger charge is 2.44. The number of nitrogens with one attached hydrogen (secondary N) is 1. The number of amides is 3. The van der Waals surface area contributed by atoms with Crippen LogP contribution in [0.1, 0.15) is 20.8 Å². The molecule has 1 saturated heterocycles. The second kappa shape index (κ2) is 5.77. The Bertz CT molecular complexity index is 393. The van der Waals surface area contributed by atoms with Gasteiger partial charge in [0.2, 0.25) is 0 Å². The molecule has 1 N–H and O–H groups in total. The highest BCUT2D eigenvalue weighted by atomic mass is 79.9. The van der Waals surface area contributed by atoms with Crippen molar-refractivity contribution in [1.82, 2.24) is 10.2 Å². The summed E-state index contributed by atoms with van der Waals surface area (Å²) in [5, 5.41) is 2.33. The van der Waals surface area contributed by atoms with Gasteiger partial charge in [-0.1, -0.05) is 36.7 Å². The highest BCUT2D eigenvalue weighted by molar-refractivity contribution is 9.10. The highest BCUT2D eigenvalue weighted by Crippen LogP contribution is 2.29. The minimum Gasteiger partial charge on any atom is -0.467 e. The molecule has 1 rings (SSSR count). The van der Waals surface area contributed by atoms with Crippen LogP contribution in [0.25, 0.3) is 0 Å². The van der Waals surface area contributed by atoms with Crippen LogP contribution in [-0.4, -0.2) is 47.7 Å². The van der Waals surface area contributed by atoms with Gasteiger partial charge in [-0.15, -0.1) is 0 Å². The lowest BCUT2D eigenvalue weighted by Gasteiger charge is -2.31. The number of imide groups is 1. The first-order chi connectivity index (χ1) is 8.68. The Morgan fingerprint density at radius 1 is 1.53 bits per heavy atom. The van der Waals surface area contributed by atoms with E-state index < -0.39 is 29.1 Å². The van der Waals surface area contributed by atoms with E-state index in [2.05, 4.69) is 26.0 Å². The molecule has 0 radical (unpaired) electrons. The van der Waals surface area contributed by atoms with E-state index in [0.717, 1.165) is 4.90 Å². The van der Waals surface area contributed by atoms with Crippen LogP contribution in [0, 0.1) is 5.41 Å². The van der Waals surface area contributed by atoms with Crippen molar-refractivity contribution < 1.29 is 23.9 Å². The van der Waals surface area contributed by atoms with Crippen LogP contribution in [0.15, 0.2) is 0 Å². The molecule has 1 fully saturated rings. The Kier molecular flexibility index (Phi) is 4.78. The number of alkyl halides is 1. The van der Waals surface area contributed by atoms with Crippen molar-refractivity contribution in [1.29, 1.82) is 0 Å². The molecule has 1 unspecified atom stereocenters. The van der Waals surface area contributed by atoms with E-state index in [1.807, 2.05) is 20.8 Å². The van der Waals surface area contributed by atoms with Gasteiger partial charge in [-0.2, -0.15) is 0 Å². The van der Waals surface area contributed by atoms with Crippen LogP contribution >= 0.6 is 15.9 Å². The predicted octanol–water partition coefficient (Wildman–Crippen LogP) is 1.46. The number of cyclic esters (lactones) is 1. The Hall–Kier alpha value is -1.31. The van der Waals surface area contributed by atoms with Crippen molar-refractivity contribution in [3.05, 3.63) is 0 Å². The lowest BCUT2D eigenvalue weighted by atomic mass is 9.87. The van der Waals surface area contributed by atoms with Gasteiger partial charge in [-0.3, -0.25) is 0 Å². The third-order valence-corrected chi connectivity index (χ3v) is 3.35. The quantitative estimate of drug-likeness (QED) is 0.468. The molecule has 108 valence electrons. The van der Waals surface area contributed by atoms with Crippen LogP contribution < -0.4 is 5.32 Å². The van der Waals surface area contributed by atoms with Crippen LogP contribution in [0.3, 0.4) is 0 Å². The summed E-state index contributed by atoms with van der Waals surface area (Å²) in [6.07, 6.45) is -0.720. The fourth-order valence-corrected chi connectivity index (χ4v) is 2.01. The Balaban J connectivity index is 2.79. The molecule has 3 amide bonds. The number of ether oxygens (including phenoxy) is 2. The molecule has 0 spiro atoms.